The fourth-order valence-corrected chi connectivity index (χ4v) is 2.23. The Morgan fingerprint density at radius 2 is 1.88 bits per heavy atom. The van der Waals surface area contributed by atoms with Crippen molar-refractivity contribution in [3.05, 3.63) is 41.2 Å². The first-order valence-electron chi connectivity index (χ1n) is 7.82. The minimum Gasteiger partial charge on any atom is -0.452 e. The van der Waals surface area contributed by atoms with Gasteiger partial charge in [-0.3, -0.25) is 14.7 Å². The van der Waals surface area contributed by atoms with Gasteiger partial charge in [-0.25, -0.2) is 0 Å². The third-order valence-electron chi connectivity index (χ3n) is 3.63. The highest BCUT2D eigenvalue weighted by atomic mass is 19.3. The highest BCUT2D eigenvalue weighted by Crippen LogP contribution is 2.18. The Balaban J connectivity index is 1.88. The van der Waals surface area contributed by atoms with Crippen LogP contribution in [0.25, 0.3) is 0 Å². The Kier molecular flexibility index (Phi) is 6.26. The molecule has 9 heteroatoms. The number of aromatic nitrogens is 2. The maximum atomic E-state index is 12.1. The molecule has 0 radical (unpaired) electrons. The number of aryl methyl sites for hydroxylation is 2. The molecule has 7 nitrogen and oxygen atoms in total. The summed E-state index contributed by atoms with van der Waals surface area (Å²) in [6, 6.07) is 5.40. The number of amides is 1. The number of carbonyl (C=O) groups excluding carboxylic acids is 2. The summed E-state index contributed by atoms with van der Waals surface area (Å²) in [4.78, 5) is 24.1. The molecule has 0 spiro atoms. The topological polar surface area (TPSA) is 93.3 Å². The van der Waals surface area contributed by atoms with E-state index in [0.717, 1.165) is 11.3 Å². The number of nitrogens with zero attached hydrogens (tertiary/aromatic N) is 1. The van der Waals surface area contributed by atoms with Crippen LogP contribution in [-0.4, -0.2) is 34.8 Å². The third-order valence-corrected chi connectivity index (χ3v) is 3.63. The SMILES string of the molecule is Cc1n[nH]c(C)c1CC(=O)O[C@@H](C)C(=O)Nc1ccc(OC(F)F)cc1. The summed E-state index contributed by atoms with van der Waals surface area (Å²) in [5, 5.41) is 9.30. The minimum atomic E-state index is -2.92. The highest BCUT2D eigenvalue weighted by molar-refractivity contribution is 5.95. The molecule has 0 saturated heterocycles. The van der Waals surface area contributed by atoms with Crippen LogP contribution in [0.3, 0.4) is 0 Å². The van der Waals surface area contributed by atoms with Gasteiger partial charge >= 0.3 is 12.6 Å². The van der Waals surface area contributed by atoms with E-state index in [9.17, 15) is 18.4 Å². The summed E-state index contributed by atoms with van der Waals surface area (Å²) in [6.07, 6.45) is -1.02. The molecule has 0 unspecified atom stereocenters. The molecule has 0 aliphatic carbocycles. The minimum absolute atomic E-state index is 0.00541. The van der Waals surface area contributed by atoms with Crippen molar-refractivity contribution in [1.82, 2.24) is 10.2 Å². The number of esters is 1. The zero-order valence-corrected chi connectivity index (χ0v) is 14.5. The van der Waals surface area contributed by atoms with Crippen LogP contribution in [0.1, 0.15) is 23.9 Å². The molecule has 1 aromatic heterocycles. The number of nitrogens with one attached hydrogen (secondary N) is 2. The lowest BCUT2D eigenvalue weighted by molar-refractivity contribution is -0.152. The number of halogens is 2. The van der Waals surface area contributed by atoms with Gasteiger partial charge in [0, 0.05) is 16.9 Å². The number of anilines is 1. The van der Waals surface area contributed by atoms with Crippen LogP contribution in [0, 0.1) is 13.8 Å². The molecule has 1 atom stereocenters. The number of ether oxygens (including phenoxy) is 2. The van der Waals surface area contributed by atoms with Crippen molar-refractivity contribution in [3.63, 3.8) is 0 Å². The number of aromatic amines is 1. The lowest BCUT2D eigenvalue weighted by Gasteiger charge is -2.14. The van der Waals surface area contributed by atoms with E-state index in [1.165, 1.54) is 31.2 Å². The smallest absolute Gasteiger partial charge is 0.387 e. The van der Waals surface area contributed by atoms with Crippen molar-refractivity contribution >= 4 is 17.6 Å². The van der Waals surface area contributed by atoms with Gasteiger partial charge in [-0.2, -0.15) is 13.9 Å². The Bertz CT molecular complexity index is 755. The second kappa shape index (κ2) is 8.41. The van der Waals surface area contributed by atoms with E-state index < -0.39 is 24.6 Å². The van der Waals surface area contributed by atoms with E-state index in [-0.39, 0.29) is 12.2 Å². The third kappa shape index (κ3) is 5.27. The number of rotatable bonds is 7. The van der Waals surface area contributed by atoms with Crippen LogP contribution in [-0.2, 0) is 20.7 Å². The standard InChI is InChI=1S/C17H19F2N3O4/c1-9-14(10(2)22-21-9)8-15(23)25-11(3)16(24)20-12-4-6-13(7-5-12)26-17(18)19/h4-7,11,17H,8H2,1-3H3,(H,20,24)(H,21,22)/t11-/m0/s1. The van der Waals surface area contributed by atoms with Gasteiger partial charge in [0.25, 0.3) is 5.91 Å². The number of alkyl halides is 2. The summed E-state index contributed by atoms with van der Waals surface area (Å²) in [7, 11) is 0. The molecular formula is C17H19F2N3O4. The molecule has 2 N–H and O–H groups in total. The quantitative estimate of drug-likeness (QED) is 0.734. The van der Waals surface area contributed by atoms with E-state index >= 15 is 0 Å². The number of hydrogen-bond acceptors (Lipinski definition) is 5. The number of hydrogen-bond donors (Lipinski definition) is 2. The maximum absolute atomic E-state index is 12.1. The molecular weight excluding hydrogens is 348 g/mol. The van der Waals surface area contributed by atoms with Crippen LogP contribution < -0.4 is 10.1 Å². The molecule has 1 aromatic carbocycles. The fraction of sp³-hybridized carbons (Fsp3) is 0.353. The van der Waals surface area contributed by atoms with Gasteiger partial charge in [0.1, 0.15) is 5.75 Å². The van der Waals surface area contributed by atoms with Crippen LogP contribution in [0.4, 0.5) is 14.5 Å². The summed E-state index contributed by atoms with van der Waals surface area (Å²) in [5.74, 6) is -1.12. The first-order chi connectivity index (χ1) is 12.3. The zero-order chi connectivity index (χ0) is 19.3. The number of H-pyrrole nitrogens is 1. The van der Waals surface area contributed by atoms with Crippen molar-refractivity contribution in [2.45, 2.75) is 39.9 Å². The fourth-order valence-electron chi connectivity index (χ4n) is 2.23. The van der Waals surface area contributed by atoms with Crippen molar-refractivity contribution in [2.24, 2.45) is 0 Å². The molecule has 2 rings (SSSR count). The molecule has 0 bridgehead atoms. The molecule has 140 valence electrons. The lowest BCUT2D eigenvalue weighted by Crippen LogP contribution is -2.30. The van der Waals surface area contributed by atoms with E-state index in [0.29, 0.717) is 11.4 Å². The monoisotopic (exact) mass is 367 g/mol. The van der Waals surface area contributed by atoms with Crippen LogP contribution in [0.5, 0.6) is 5.75 Å². The predicted molar refractivity (Wildman–Crippen MR) is 89.0 cm³/mol. The van der Waals surface area contributed by atoms with Crippen molar-refractivity contribution in [1.29, 1.82) is 0 Å². The van der Waals surface area contributed by atoms with Gasteiger partial charge in [0.2, 0.25) is 0 Å². The van der Waals surface area contributed by atoms with Gasteiger partial charge in [0.15, 0.2) is 6.10 Å². The first-order valence-corrected chi connectivity index (χ1v) is 7.82. The Morgan fingerprint density at radius 1 is 1.23 bits per heavy atom. The van der Waals surface area contributed by atoms with E-state index in [1.807, 2.05) is 0 Å². The Hall–Kier alpha value is -2.97. The van der Waals surface area contributed by atoms with Gasteiger partial charge in [-0.1, -0.05) is 0 Å². The van der Waals surface area contributed by atoms with Crippen molar-refractivity contribution in [3.8, 4) is 5.75 Å². The average Bonchev–Trinajstić information content (AvgIpc) is 2.88. The Morgan fingerprint density at radius 3 is 2.42 bits per heavy atom. The van der Waals surface area contributed by atoms with Crippen molar-refractivity contribution in [2.75, 3.05) is 5.32 Å². The van der Waals surface area contributed by atoms with Gasteiger partial charge in [-0.15, -0.1) is 0 Å². The van der Waals surface area contributed by atoms with Crippen LogP contribution in [0.15, 0.2) is 24.3 Å². The first kappa shape index (κ1) is 19.4. The van der Waals surface area contributed by atoms with E-state index in [1.54, 1.807) is 13.8 Å². The Labute approximate surface area is 148 Å². The molecule has 0 aliphatic heterocycles. The summed E-state index contributed by atoms with van der Waals surface area (Å²) < 4.78 is 33.5. The molecule has 0 aliphatic rings. The van der Waals surface area contributed by atoms with E-state index in [4.69, 9.17) is 4.74 Å². The largest absolute Gasteiger partial charge is 0.452 e. The summed E-state index contributed by atoms with van der Waals surface area (Å²) >= 11 is 0. The number of benzene rings is 1. The molecule has 1 heterocycles. The molecule has 2 aromatic rings. The second-order valence-corrected chi connectivity index (χ2v) is 5.61. The molecule has 0 saturated carbocycles. The van der Waals surface area contributed by atoms with Gasteiger partial charge < -0.3 is 14.8 Å². The average molecular weight is 367 g/mol. The highest BCUT2D eigenvalue weighted by Gasteiger charge is 2.20. The van der Waals surface area contributed by atoms with Gasteiger partial charge in [-0.05, 0) is 45.0 Å². The van der Waals surface area contributed by atoms with Crippen LogP contribution >= 0.6 is 0 Å². The summed E-state index contributed by atoms with van der Waals surface area (Å²) in [5.41, 5.74) is 2.56. The zero-order valence-electron chi connectivity index (χ0n) is 14.5. The molecule has 1 amide bonds. The predicted octanol–water partition coefficient (Wildman–Crippen LogP) is 2.74. The lowest BCUT2D eigenvalue weighted by atomic mass is 10.1. The molecule has 26 heavy (non-hydrogen) atoms. The van der Waals surface area contributed by atoms with Crippen molar-refractivity contribution < 1.29 is 27.8 Å². The summed E-state index contributed by atoms with van der Waals surface area (Å²) in [6.45, 7) is 2.08. The second-order valence-electron chi connectivity index (χ2n) is 5.61. The molecule has 0 fully saturated rings. The maximum Gasteiger partial charge on any atom is 0.387 e. The van der Waals surface area contributed by atoms with E-state index in [2.05, 4.69) is 20.3 Å². The van der Waals surface area contributed by atoms with Crippen LogP contribution in [0.2, 0.25) is 0 Å². The normalized spacial score (nSPS) is 11.9. The number of carbonyl (C=O) groups is 2. The van der Waals surface area contributed by atoms with Gasteiger partial charge in [0.05, 0.1) is 12.1 Å².